The van der Waals surface area contributed by atoms with Crippen LogP contribution in [0.1, 0.15) is 30.2 Å². The Labute approximate surface area is 110 Å². The number of hydrogen-bond donors (Lipinski definition) is 1. The van der Waals surface area contributed by atoms with Gasteiger partial charge < -0.3 is 9.72 Å². The van der Waals surface area contributed by atoms with E-state index in [1.54, 1.807) is 6.92 Å². The average molecular weight is 324 g/mol. The zero-order chi connectivity index (χ0) is 13.7. The van der Waals surface area contributed by atoms with Crippen molar-refractivity contribution >= 4 is 21.9 Å². The highest BCUT2D eigenvalue weighted by molar-refractivity contribution is 9.08. The third-order valence-corrected chi connectivity index (χ3v) is 2.86. The first-order valence-corrected chi connectivity index (χ1v) is 6.36. The summed E-state index contributed by atoms with van der Waals surface area (Å²) in [7, 11) is 0. The number of ether oxygens (including phenoxy) is 1. The number of rotatable bonds is 5. The molecule has 1 aromatic heterocycles. The fourth-order valence-electron chi connectivity index (χ4n) is 1.45. The Morgan fingerprint density at radius 1 is 1.56 bits per heavy atom. The predicted molar refractivity (Wildman–Crippen MR) is 65.0 cm³/mol. The third kappa shape index (κ3) is 3.38. The van der Waals surface area contributed by atoms with Crippen LogP contribution in [0.15, 0.2) is 11.0 Å². The summed E-state index contributed by atoms with van der Waals surface area (Å²) in [6.07, 6.45) is -2.05. The van der Waals surface area contributed by atoms with E-state index in [-0.39, 0.29) is 23.9 Å². The van der Waals surface area contributed by atoms with E-state index in [0.29, 0.717) is 5.69 Å². The molecule has 0 bridgehead atoms. The number of esters is 1. The van der Waals surface area contributed by atoms with Crippen molar-refractivity contribution in [1.82, 2.24) is 4.98 Å². The van der Waals surface area contributed by atoms with Crippen LogP contribution < -0.4 is 5.43 Å². The van der Waals surface area contributed by atoms with Crippen molar-refractivity contribution in [3.05, 3.63) is 33.2 Å². The highest BCUT2D eigenvalue weighted by Gasteiger charge is 2.18. The van der Waals surface area contributed by atoms with E-state index in [2.05, 4.69) is 20.9 Å². The lowest BCUT2D eigenvalue weighted by Crippen LogP contribution is -2.20. The van der Waals surface area contributed by atoms with Crippen LogP contribution in [0.3, 0.4) is 0 Å². The number of alkyl halides is 3. The first-order valence-electron chi connectivity index (χ1n) is 5.24. The minimum atomic E-state index is -2.84. The summed E-state index contributed by atoms with van der Waals surface area (Å²) in [5.41, 5.74) is -0.933. The molecule has 18 heavy (non-hydrogen) atoms. The van der Waals surface area contributed by atoms with Crippen molar-refractivity contribution in [3.63, 3.8) is 0 Å². The number of aromatic nitrogens is 1. The van der Waals surface area contributed by atoms with E-state index in [1.165, 1.54) is 0 Å². The number of carbonyl (C=O) groups excluding carboxylic acids is 1. The molecule has 1 heterocycles. The highest BCUT2D eigenvalue weighted by Crippen LogP contribution is 2.17. The van der Waals surface area contributed by atoms with Crippen LogP contribution in [0.2, 0.25) is 0 Å². The van der Waals surface area contributed by atoms with Crippen molar-refractivity contribution in [1.29, 1.82) is 0 Å². The van der Waals surface area contributed by atoms with Gasteiger partial charge >= 0.3 is 5.97 Å². The van der Waals surface area contributed by atoms with Crippen LogP contribution >= 0.6 is 15.9 Å². The number of hydrogen-bond acceptors (Lipinski definition) is 3. The summed E-state index contributed by atoms with van der Waals surface area (Å²) < 4.78 is 29.8. The molecule has 100 valence electrons. The van der Waals surface area contributed by atoms with E-state index >= 15 is 0 Å². The van der Waals surface area contributed by atoms with Crippen molar-refractivity contribution in [2.45, 2.75) is 25.1 Å². The van der Waals surface area contributed by atoms with E-state index in [0.717, 1.165) is 6.20 Å². The zero-order valence-corrected chi connectivity index (χ0v) is 11.2. The normalized spacial score (nSPS) is 10.7. The number of carbonyl (C=O) groups is 1. The Morgan fingerprint density at radius 2 is 2.22 bits per heavy atom. The number of aromatic amines is 1. The second-order valence-corrected chi connectivity index (χ2v) is 4.01. The molecule has 0 spiro atoms. The molecule has 0 radical (unpaired) electrons. The van der Waals surface area contributed by atoms with Crippen molar-refractivity contribution < 1.29 is 18.3 Å². The molecule has 0 saturated heterocycles. The summed E-state index contributed by atoms with van der Waals surface area (Å²) in [6, 6.07) is 0. The van der Waals surface area contributed by atoms with Gasteiger partial charge in [-0.15, -0.1) is 0 Å². The van der Waals surface area contributed by atoms with E-state index in [4.69, 9.17) is 4.74 Å². The van der Waals surface area contributed by atoms with Crippen molar-refractivity contribution in [2.75, 3.05) is 6.61 Å². The molecule has 0 unspecified atom stereocenters. The van der Waals surface area contributed by atoms with Gasteiger partial charge in [0.15, 0.2) is 5.43 Å². The summed E-state index contributed by atoms with van der Waals surface area (Å²) >= 11 is 3.05. The number of nitrogens with one attached hydrogen (secondary N) is 1. The maximum Gasteiger partial charge on any atom is 0.311 e. The van der Waals surface area contributed by atoms with Crippen LogP contribution in [0.4, 0.5) is 8.78 Å². The molecule has 7 heteroatoms. The Kier molecular flexibility index (Phi) is 5.46. The Balaban J connectivity index is 3.11. The van der Waals surface area contributed by atoms with Gasteiger partial charge in [-0.1, -0.05) is 15.9 Å². The van der Waals surface area contributed by atoms with Gasteiger partial charge in [0.2, 0.25) is 0 Å². The van der Waals surface area contributed by atoms with E-state index < -0.39 is 23.4 Å². The fourth-order valence-corrected chi connectivity index (χ4v) is 2.04. The van der Waals surface area contributed by atoms with E-state index in [9.17, 15) is 18.4 Å². The standard InChI is InChI=1S/C11H12BrF2NO3/c1-2-18-9(16)3-8-6(4-12)10(17)7(5-15-8)11(13)14/h5,11H,2-4H2,1H3,(H,15,17). The van der Waals surface area contributed by atoms with Crippen LogP contribution in [-0.2, 0) is 21.3 Å². The molecule has 0 fully saturated rings. The van der Waals surface area contributed by atoms with Gasteiger partial charge in [0.1, 0.15) is 0 Å². The minimum Gasteiger partial charge on any atom is -0.466 e. The van der Waals surface area contributed by atoms with Crippen LogP contribution in [0.5, 0.6) is 0 Å². The molecule has 0 amide bonds. The molecule has 0 atom stereocenters. The van der Waals surface area contributed by atoms with Crippen molar-refractivity contribution in [2.24, 2.45) is 0 Å². The Morgan fingerprint density at radius 3 is 2.72 bits per heavy atom. The summed E-state index contributed by atoms with van der Waals surface area (Å²) in [5, 5.41) is 0.0949. The second-order valence-electron chi connectivity index (χ2n) is 3.45. The van der Waals surface area contributed by atoms with Gasteiger partial charge in [-0.2, -0.15) is 0 Å². The minimum absolute atomic E-state index is 0.0949. The molecule has 1 N–H and O–H groups in total. The molecular weight excluding hydrogens is 312 g/mol. The smallest absolute Gasteiger partial charge is 0.311 e. The Hall–Kier alpha value is -1.24. The van der Waals surface area contributed by atoms with Crippen molar-refractivity contribution in [3.8, 4) is 0 Å². The maximum atomic E-state index is 12.5. The van der Waals surface area contributed by atoms with Crippen LogP contribution in [-0.4, -0.2) is 17.6 Å². The first-order chi connectivity index (χ1) is 8.51. The van der Waals surface area contributed by atoms with Gasteiger partial charge in [0, 0.05) is 22.8 Å². The number of halogens is 3. The van der Waals surface area contributed by atoms with E-state index in [1.807, 2.05) is 0 Å². The number of H-pyrrole nitrogens is 1. The molecule has 4 nitrogen and oxygen atoms in total. The summed E-state index contributed by atoms with van der Waals surface area (Å²) in [6.45, 7) is 1.88. The van der Waals surface area contributed by atoms with Gasteiger partial charge in [-0.25, -0.2) is 8.78 Å². The molecule has 1 aromatic rings. The van der Waals surface area contributed by atoms with Gasteiger partial charge in [-0.3, -0.25) is 9.59 Å². The number of pyridine rings is 1. The molecule has 0 aliphatic rings. The quantitative estimate of drug-likeness (QED) is 0.668. The second kappa shape index (κ2) is 6.63. The zero-order valence-electron chi connectivity index (χ0n) is 9.63. The van der Waals surface area contributed by atoms with Gasteiger partial charge in [0.25, 0.3) is 6.43 Å². The Bertz CT molecular complexity index is 488. The molecule has 0 aliphatic carbocycles. The monoisotopic (exact) mass is 323 g/mol. The molecular formula is C11H12BrF2NO3. The lowest BCUT2D eigenvalue weighted by molar-refractivity contribution is -0.142. The van der Waals surface area contributed by atoms with Crippen LogP contribution in [0, 0.1) is 0 Å². The summed E-state index contributed by atoms with van der Waals surface area (Å²) in [4.78, 5) is 25.6. The average Bonchev–Trinajstić information content (AvgIpc) is 2.29. The lowest BCUT2D eigenvalue weighted by atomic mass is 10.1. The molecule has 0 saturated carbocycles. The predicted octanol–water partition coefficient (Wildman–Crippen LogP) is 2.31. The van der Waals surface area contributed by atoms with Gasteiger partial charge in [0.05, 0.1) is 18.6 Å². The fraction of sp³-hybridized carbons (Fsp3) is 0.455. The molecule has 0 aromatic carbocycles. The maximum absolute atomic E-state index is 12.5. The summed E-state index contributed by atoms with van der Waals surface area (Å²) in [5.74, 6) is -0.514. The first kappa shape index (κ1) is 14.8. The van der Waals surface area contributed by atoms with Crippen LogP contribution in [0.25, 0.3) is 0 Å². The lowest BCUT2D eigenvalue weighted by Gasteiger charge is -2.08. The largest absolute Gasteiger partial charge is 0.466 e. The highest BCUT2D eigenvalue weighted by atomic mass is 79.9. The molecule has 0 aliphatic heterocycles. The topological polar surface area (TPSA) is 59.2 Å². The third-order valence-electron chi connectivity index (χ3n) is 2.30. The SMILES string of the molecule is CCOC(=O)Cc1[nH]cc(C(F)F)c(=O)c1CBr. The molecule has 1 rings (SSSR count). The van der Waals surface area contributed by atoms with Gasteiger partial charge in [-0.05, 0) is 6.92 Å².